The van der Waals surface area contributed by atoms with Crippen molar-refractivity contribution in [2.45, 2.75) is 38.8 Å². The lowest BCUT2D eigenvalue weighted by Crippen LogP contribution is -2.28. The molecule has 0 bridgehead atoms. The highest BCUT2D eigenvalue weighted by molar-refractivity contribution is 5.14. The van der Waals surface area contributed by atoms with Gasteiger partial charge in [0.05, 0.1) is 11.9 Å². The second-order valence-corrected chi connectivity index (χ2v) is 5.03. The average molecular weight is 264 g/mol. The van der Waals surface area contributed by atoms with E-state index in [2.05, 4.69) is 15.1 Å². The molecule has 102 valence electrons. The summed E-state index contributed by atoms with van der Waals surface area (Å²) in [6.07, 6.45) is 2.82. The molecular weight excluding hydrogens is 247 g/mol. The van der Waals surface area contributed by atoms with Crippen molar-refractivity contribution in [1.82, 2.24) is 19.7 Å². The van der Waals surface area contributed by atoms with Crippen molar-refractivity contribution in [3.63, 3.8) is 0 Å². The summed E-state index contributed by atoms with van der Waals surface area (Å²) in [6.45, 7) is 5.61. The van der Waals surface area contributed by atoms with E-state index < -0.39 is 11.4 Å². The summed E-state index contributed by atoms with van der Waals surface area (Å²) in [4.78, 5) is 8.08. The van der Waals surface area contributed by atoms with Crippen LogP contribution in [0.4, 0.5) is 4.39 Å². The Morgan fingerprint density at radius 3 is 2.68 bits per heavy atom. The van der Waals surface area contributed by atoms with Gasteiger partial charge in [0.2, 0.25) is 0 Å². The smallest absolute Gasteiger partial charge is 0.141 e. The summed E-state index contributed by atoms with van der Waals surface area (Å²) in [5, 5.41) is 14.6. The molecule has 5 nitrogen and oxygen atoms in total. The van der Waals surface area contributed by atoms with Crippen LogP contribution in [0, 0.1) is 5.82 Å². The minimum atomic E-state index is -1.21. The van der Waals surface area contributed by atoms with E-state index in [0.29, 0.717) is 11.5 Å². The Labute approximate surface area is 111 Å². The highest BCUT2D eigenvalue weighted by Gasteiger charge is 2.28. The van der Waals surface area contributed by atoms with Crippen molar-refractivity contribution >= 4 is 0 Å². The molecule has 0 radical (unpaired) electrons. The zero-order chi connectivity index (χ0) is 14.0. The molecule has 0 spiro atoms. The van der Waals surface area contributed by atoms with E-state index in [1.165, 1.54) is 18.5 Å². The van der Waals surface area contributed by atoms with Gasteiger partial charge in [0.25, 0.3) is 0 Å². The summed E-state index contributed by atoms with van der Waals surface area (Å²) < 4.78 is 14.6. The van der Waals surface area contributed by atoms with Crippen LogP contribution in [0.1, 0.15) is 38.3 Å². The first-order valence-electron chi connectivity index (χ1n) is 6.13. The minimum Gasteiger partial charge on any atom is -0.383 e. The monoisotopic (exact) mass is 264 g/mol. The van der Waals surface area contributed by atoms with Crippen molar-refractivity contribution in [3.05, 3.63) is 42.0 Å². The summed E-state index contributed by atoms with van der Waals surface area (Å²) in [6, 6.07) is 2.92. The molecule has 0 saturated carbocycles. The molecule has 2 aromatic heterocycles. The van der Waals surface area contributed by atoms with Crippen LogP contribution in [0.2, 0.25) is 0 Å². The van der Waals surface area contributed by atoms with Crippen LogP contribution >= 0.6 is 0 Å². The van der Waals surface area contributed by atoms with E-state index in [4.69, 9.17) is 0 Å². The van der Waals surface area contributed by atoms with Crippen molar-refractivity contribution in [2.24, 2.45) is 0 Å². The molecule has 1 N–H and O–H groups in total. The lowest BCUT2D eigenvalue weighted by molar-refractivity contribution is 0.0493. The Kier molecular flexibility index (Phi) is 3.61. The molecular formula is C13H17FN4O. The van der Waals surface area contributed by atoms with Gasteiger partial charge >= 0.3 is 0 Å². The molecule has 1 atom stereocenters. The number of halogens is 1. The molecule has 1 unspecified atom stereocenters. The first kappa shape index (κ1) is 13.6. The first-order chi connectivity index (χ1) is 8.90. The van der Waals surface area contributed by atoms with Crippen molar-refractivity contribution < 1.29 is 9.50 Å². The quantitative estimate of drug-likeness (QED) is 0.915. The van der Waals surface area contributed by atoms with Crippen LogP contribution in [-0.4, -0.2) is 24.9 Å². The molecule has 2 rings (SSSR count). The van der Waals surface area contributed by atoms with Gasteiger partial charge in [-0.25, -0.2) is 14.1 Å². The summed E-state index contributed by atoms with van der Waals surface area (Å²) >= 11 is 0. The van der Waals surface area contributed by atoms with Crippen LogP contribution in [0.25, 0.3) is 0 Å². The number of aliphatic hydroxyl groups is 1. The molecule has 0 aromatic carbocycles. The Balaban J connectivity index is 2.25. The molecule has 0 aliphatic rings. The largest absolute Gasteiger partial charge is 0.383 e. The average Bonchev–Trinajstić information content (AvgIpc) is 2.77. The second kappa shape index (κ2) is 5.05. The Bertz CT molecular complexity index is 548. The molecule has 6 heteroatoms. The fraction of sp³-hybridized carbons (Fsp3) is 0.462. The third kappa shape index (κ3) is 2.96. The fourth-order valence-corrected chi connectivity index (χ4v) is 1.92. The maximum absolute atomic E-state index is 12.9. The van der Waals surface area contributed by atoms with Gasteiger partial charge in [0.1, 0.15) is 23.6 Å². The molecule has 2 aromatic rings. The Morgan fingerprint density at radius 1 is 1.37 bits per heavy atom. The standard InChI is InChI=1S/C13H17FN4O/c1-9(2)18-12(16-8-17-18)6-13(3,19)11-5-4-10(14)7-15-11/h4-5,7-9,19H,6H2,1-3H3. The van der Waals surface area contributed by atoms with Crippen LogP contribution < -0.4 is 0 Å². The molecule has 0 amide bonds. The van der Waals surface area contributed by atoms with Gasteiger partial charge < -0.3 is 5.11 Å². The normalized spacial score (nSPS) is 14.6. The third-order valence-corrected chi connectivity index (χ3v) is 2.92. The lowest BCUT2D eigenvalue weighted by Gasteiger charge is -2.23. The van der Waals surface area contributed by atoms with Crippen molar-refractivity contribution in [2.75, 3.05) is 0 Å². The van der Waals surface area contributed by atoms with Gasteiger partial charge in [0.15, 0.2) is 0 Å². The Morgan fingerprint density at radius 2 is 2.11 bits per heavy atom. The van der Waals surface area contributed by atoms with Crippen LogP contribution in [0.5, 0.6) is 0 Å². The molecule has 0 aliphatic heterocycles. The predicted octanol–water partition coefficient (Wildman–Crippen LogP) is 1.84. The maximum atomic E-state index is 12.9. The lowest BCUT2D eigenvalue weighted by atomic mass is 9.97. The topological polar surface area (TPSA) is 63.8 Å². The molecule has 2 heterocycles. The summed E-state index contributed by atoms with van der Waals surface area (Å²) in [5.41, 5.74) is -0.805. The second-order valence-electron chi connectivity index (χ2n) is 5.03. The van der Waals surface area contributed by atoms with Crippen LogP contribution in [0.15, 0.2) is 24.7 Å². The van der Waals surface area contributed by atoms with Crippen molar-refractivity contribution in [1.29, 1.82) is 0 Å². The zero-order valence-electron chi connectivity index (χ0n) is 11.2. The van der Waals surface area contributed by atoms with Crippen LogP contribution in [-0.2, 0) is 12.0 Å². The van der Waals surface area contributed by atoms with E-state index in [1.807, 2.05) is 13.8 Å². The summed E-state index contributed by atoms with van der Waals surface area (Å²) in [5.74, 6) is 0.246. The van der Waals surface area contributed by atoms with E-state index in [0.717, 1.165) is 6.20 Å². The minimum absolute atomic E-state index is 0.162. The molecule has 19 heavy (non-hydrogen) atoms. The fourth-order valence-electron chi connectivity index (χ4n) is 1.92. The number of rotatable bonds is 4. The van der Waals surface area contributed by atoms with E-state index in [1.54, 1.807) is 11.6 Å². The van der Waals surface area contributed by atoms with Gasteiger partial charge in [-0.2, -0.15) is 5.10 Å². The first-order valence-corrected chi connectivity index (χ1v) is 6.13. The van der Waals surface area contributed by atoms with Gasteiger partial charge in [0, 0.05) is 12.5 Å². The number of pyridine rings is 1. The van der Waals surface area contributed by atoms with Gasteiger partial charge in [-0.3, -0.25) is 4.98 Å². The van der Waals surface area contributed by atoms with Crippen LogP contribution in [0.3, 0.4) is 0 Å². The highest BCUT2D eigenvalue weighted by Crippen LogP contribution is 2.23. The number of hydrogen-bond donors (Lipinski definition) is 1. The van der Waals surface area contributed by atoms with Gasteiger partial charge in [-0.15, -0.1) is 0 Å². The predicted molar refractivity (Wildman–Crippen MR) is 67.9 cm³/mol. The van der Waals surface area contributed by atoms with E-state index >= 15 is 0 Å². The third-order valence-electron chi connectivity index (χ3n) is 2.92. The Hall–Kier alpha value is -1.82. The van der Waals surface area contributed by atoms with Gasteiger partial charge in [-0.05, 0) is 32.9 Å². The number of aromatic nitrogens is 4. The SMILES string of the molecule is CC(C)n1ncnc1CC(C)(O)c1ccc(F)cn1. The number of nitrogens with zero attached hydrogens (tertiary/aromatic N) is 4. The molecule has 0 aliphatic carbocycles. The van der Waals surface area contributed by atoms with E-state index in [-0.39, 0.29) is 12.5 Å². The summed E-state index contributed by atoms with van der Waals surface area (Å²) in [7, 11) is 0. The molecule has 0 fully saturated rings. The van der Waals surface area contributed by atoms with Gasteiger partial charge in [-0.1, -0.05) is 0 Å². The number of hydrogen-bond acceptors (Lipinski definition) is 4. The van der Waals surface area contributed by atoms with E-state index in [9.17, 15) is 9.50 Å². The van der Waals surface area contributed by atoms with Crippen molar-refractivity contribution in [3.8, 4) is 0 Å². The molecule has 0 saturated heterocycles. The highest BCUT2D eigenvalue weighted by atomic mass is 19.1. The zero-order valence-corrected chi connectivity index (χ0v) is 11.2. The maximum Gasteiger partial charge on any atom is 0.141 e.